The number of ether oxygens (including phenoxy) is 1. The average molecular weight is 253 g/mol. The smallest absolute Gasteiger partial charge is 0.229 e. The third kappa shape index (κ3) is 2.90. The van der Waals surface area contributed by atoms with Gasteiger partial charge in [0.15, 0.2) is 0 Å². The fourth-order valence-corrected chi connectivity index (χ4v) is 2.64. The van der Waals surface area contributed by atoms with E-state index >= 15 is 0 Å². The molecule has 1 atom stereocenters. The summed E-state index contributed by atoms with van der Waals surface area (Å²) in [5.41, 5.74) is 5.70. The van der Waals surface area contributed by atoms with Crippen molar-refractivity contribution >= 4 is 0 Å². The SMILES string of the molecule is CCC(OC)c1noc(C2CCC(CN)CC2)n1. The summed E-state index contributed by atoms with van der Waals surface area (Å²) in [6.07, 6.45) is 5.35. The first-order chi connectivity index (χ1) is 8.78. The first-order valence-electron chi connectivity index (χ1n) is 6.84. The van der Waals surface area contributed by atoms with Crippen molar-refractivity contribution in [2.24, 2.45) is 11.7 Å². The van der Waals surface area contributed by atoms with Crippen LogP contribution in [0.15, 0.2) is 4.52 Å². The maximum atomic E-state index is 5.70. The van der Waals surface area contributed by atoms with Crippen LogP contribution in [0.4, 0.5) is 0 Å². The minimum atomic E-state index is -0.0529. The zero-order valence-electron chi connectivity index (χ0n) is 11.3. The molecule has 1 aliphatic carbocycles. The summed E-state index contributed by atoms with van der Waals surface area (Å²) in [5, 5.41) is 4.04. The Morgan fingerprint density at radius 2 is 2.11 bits per heavy atom. The molecule has 102 valence electrons. The van der Waals surface area contributed by atoms with Crippen LogP contribution in [0, 0.1) is 5.92 Å². The molecule has 0 bridgehead atoms. The second-order valence-corrected chi connectivity index (χ2v) is 5.08. The number of nitrogens with zero attached hydrogens (tertiary/aromatic N) is 2. The van der Waals surface area contributed by atoms with Gasteiger partial charge >= 0.3 is 0 Å². The maximum Gasteiger partial charge on any atom is 0.229 e. The van der Waals surface area contributed by atoms with Crippen molar-refractivity contribution in [1.29, 1.82) is 0 Å². The van der Waals surface area contributed by atoms with E-state index in [0.717, 1.165) is 31.7 Å². The molecule has 1 saturated carbocycles. The van der Waals surface area contributed by atoms with Crippen LogP contribution in [-0.2, 0) is 4.74 Å². The highest BCUT2D eigenvalue weighted by molar-refractivity contribution is 4.98. The van der Waals surface area contributed by atoms with Crippen LogP contribution >= 0.6 is 0 Å². The fourth-order valence-electron chi connectivity index (χ4n) is 2.64. The molecule has 1 aromatic rings. The van der Waals surface area contributed by atoms with Crippen molar-refractivity contribution in [1.82, 2.24) is 10.1 Å². The second-order valence-electron chi connectivity index (χ2n) is 5.08. The highest BCUT2D eigenvalue weighted by Crippen LogP contribution is 2.35. The highest BCUT2D eigenvalue weighted by atomic mass is 16.5. The summed E-state index contributed by atoms with van der Waals surface area (Å²) in [7, 11) is 1.68. The predicted molar refractivity (Wildman–Crippen MR) is 68.1 cm³/mol. The second kappa shape index (κ2) is 6.29. The molecule has 18 heavy (non-hydrogen) atoms. The Kier molecular flexibility index (Phi) is 4.72. The number of rotatable bonds is 5. The molecule has 0 radical (unpaired) electrons. The zero-order valence-corrected chi connectivity index (χ0v) is 11.3. The van der Waals surface area contributed by atoms with Gasteiger partial charge in [-0.25, -0.2) is 0 Å². The van der Waals surface area contributed by atoms with Crippen LogP contribution in [0.1, 0.15) is 62.8 Å². The van der Waals surface area contributed by atoms with Crippen LogP contribution < -0.4 is 5.73 Å². The van der Waals surface area contributed by atoms with Crippen LogP contribution in [0.3, 0.4) is 0 Å². The molecule has 1 unspecified atom stereocenters. The van der Waals surface area contributed by atoms with Gasteiger partial charge in [0.1, 0.15) is 6.10 Å². The van der Waals surface area contributed by atoms with Crippen molar-refractivity contribution in [3.05, 3.63) is 11.7 Å². The molecule has 1 fully saturated rings. The van der Waals surface area contributed by atoms with Crippen molar-refractivity contribution in [2.45, 2.75) is 51.0 Å². The quantitative estimate of drug-likeness (QED) is 0.872. The minimum absolute atomic E-state index is 0.0529. The fraction of sp³-hybridized carbons (Fsp3) is 0.846. The molecule has 0 saturated heterocycles. The Morgan fingerprint density at radius 3 is 2.67 bits per heavy atom. The van der Waals surface area contributed by atoms with Gasteiger partial charge in [0.25, 0.3) is 0 Å². The van der Waals surface area contributed by atoms with Gasteiger partial charge in [0, 0.05) is 13.0 Å². The molecule has 0 aromatic carbocycles. The van der Waals surface area contributed by atoms with Gasteiger partial charge in [0.2, 0.25) is 11.7 Å². The van der Waals surface area contributed by atoms with E-state index in [-0.39, 0.29) is 6.10 Å². The average Bonchev–Trinajstić information content (AvgIpc) is 2.90. The summed E-state index contributed by atoms with van der Waals surface area (Å²) in [6.45, 7) is 2.85. The van der Waals surface area contributed by atoms with Gasteiger partial charge < -0.3 is 15.0 Å². The van der Waals surface area contributed by atoms with Crippen LogP contribution in [-0.4, -0.2) is 23.8 Å². The largest absolute Gasteiger partial charge is 0.373 e. The third-order valence-corrected chi connectivity index (χ3v) is 3.93. The molecule has 1 aliphatic rings. The lowest BCUT2D eigenvalue weighted by Crippen LogP contribution is -2.20. The van der Waals surface area contributed by atoms with Crippen LogP contribution in [0.5, 0.6) is 0 Å². The molecule has 0 amide bonds. The number of hydrogen-bond acceptors (Lipinski definition) is 5. The minimum Gasteiger partial charge on any atom is -0.373 e. The Morgan fingerprint density at radius 1 is 1.39 bits per heavy atom. The van der Waals surface area contributed by atoms with Crippen molar-refractivity contribution in [3.8, 4) is 0 Å². The topological polar surface area (TPSA) is 74.2 Å². The summed E-state index contributed by atoms with van der Waals surface area (Å²) in [4.78, 5) is 4.49. The highest BCUT2D eigenvalue weighted by Gasteiger charge is 2.27. The third-order valence-electron chi connectivity index (χ3n) is 3.93. The van der Waals surface area contributed by atoms with Crippen molar-refractivity contribution < 1.29 is 9.26 Å². The standard InChI is InChI=1S/C13H23N3O2/c1-3-11(17-2)12-15-13(18-16-12)10-6-4-9(8-14)5-7-10/h9-11H,3-8,14H2,1-2H3. The number of aromatic nitrogens is 2. The number of nitrogens with two attached hydrogens (primary N) is 1. The normalized spacial score (nSPS) is 26.2. The van der Waals surface area contributed by atoms with Crippen LogP contribution in [0.25, 0.3) is 0 Å². The summed E-state index contributed by atoms with van der Waals surface area (Å²) >= 11 is 0. The van der Waals surface area contributed by atoms with E-state index in [1.807, 2.05) is 0 Å². The number of methoxy groups -OCH3 is 1. The van der Waals surface area contributed by atoms with Gasteiger partial charge in [-0.15, -0.1) is 0 Å². The predicted octanol–water partition coefficient (Wildman–Crippen LogP) is 2.40. The van der Waals surface area contributed by atoms with Gasteiger partial charge in [-0.05, 0) is 44.6 Å². The molecule has 0 aliphatic heterocycles. The molecule has 5 heteroatoms. The Labute approximate surface area is 108 Å². The Bertz CT molecular complexity index is 355. The summed E-state index contributed by atoms with van der Waals surface area (Å²) in [6, 6.07) is 0. The summed E-state index contributed by atoms with van der Waals surface area (Å²) in [5.74, 6) is 2.53. The molecular weight excluding hydrogens is 230 g/mol. The van der Waals surface area contributed by atoms with E-state index in [4.69, 9.17) is 15.0 Å². The van der Waals surface area contributed by atoms with Crippen LogP contribution in [0.2, 0.25) is 0 Å². The lowest BCUT2D eigenvalue weighted by molar-refractivity contribution is 0.0903. The Hall–Kier alpha value is -0.940. The maximum absolute atomic E-state index is 5.70. The van der Waals surface area contributed by atoms with Gasteiger partial charge in [0.05, 0.1) is 0 Å². The van der Waals surface area contributed by atoms with Gasteiger partial charge in [-0.3, -0.25) is 0 Å². The van der Waals surface area contributed by atoms with E-state index in [9.17, 15) is 0 Å². The first kappa shape index (κ1) is 13.5. The monoisotopic (exact) mass is 253 g/mol. The van der Waals surface area contributed by atoms with Crippen molar-refractivity contribution in [2.75, 3.05) is 13.7 Å². The molecule has 1 heterocycles. The van der Waals surface area contributed by atoms with E-state index < -0.39 is 0 Å². The molecular formula is C13H23N3O2. The van der Waals surface area contributed by atoms with E-state index in [1.165, 1.54) is 12.8 Å². The lowest BCUT2D eigenvalue weighted by Gasteiger charge is -2.24. The van der Waals surface area contributed by atoms with Crippen molar-refractivity contribution in [3.63, 3.8) is 0 Å². The van der Waals surface area contributed by atoms with Gasteiger partial charge in [-0.1, -0.05) is 12.1 Å². The molecule has 2 rings (SSSR count). The molecule has 1 aromatic heterocycles. The number of hydrogen-bond donors (Lipinski definition) is 1. The zero-order chi connectivity index (χ0) is 13.0. The molecule has 2 N–H and O–H groups in total. The van der Waals surface area contributed by atoms with Gasteiger partial charge in [-0.2, -0.15) is 4.98 Å². The molecule has 0 spiro atoms. The molecule has 5 nitrogen and oxygen atoms in total. The summed E-state index contributed by atoms with van der Waals surface area (Å²) < 4.78 is 10.7. The Balaban J connectivity index is 1.98. The van der Waals surface area contributed by atoms with E-state index in [1.54, 1.807) is 7.11 Å². The van der Waals surface area contributed by atoms with E-state index in [2.05, 4.69) is 17.1 Å². The lowest BCUT2D eigenvalue weighted by atomic mass is 9.82. The van der Waals surface area contributed by atoms with E-state index in [0.29, 0.717) is 17.7 Å². The first-order valence-corrected chi connectivity index (χ1v) is 6.84.